The highest BCUT2D eigenvalue weighted by Crippen LogP contribution is 2.60. The molecule has 5 rings (SSSR count). The Hall–Kier alpha value is -1.22. The fraction of sp³-hybridized carbons (Fsp3) is 0.348. The van der Waals surface area contributed by atoms with Gasteiger partial charge in [0.15, 0.2) is 0 Å². The van der Waals surface area contributed by atoms with Gasteiger partial charge in [0.1, 0.15) is 0 Å². The molecule has 3 amide bonds. The van der Waals surface area contributed by atoms with Gasteiger partial charge in [-0.1, -0.05) is 83.7 Å². The van der Waals surface area contributed by atoms with E-state index in [9.17, 15) is 14.4 Å². The molecule has 2 aromatic carbocycles. The molecule has 2 aliphatic carbocycles. The summed E-state index contributed by atoms with van der Waals surface area (Å²) < 4.78 is 0.899. The minimum atomic E-state index is -0.474. The lowest BCUT2D eigenvalue weighted by Crippen LogP contribution is -2.50. The molecule has 0 spiro atoms. The standard InChI is InChI=1S/C23H18Br3ClN2O3/c24-12-7-5-11(6-8-12)10-28(21(30)13-3-1-2-4-16(13)27)29-22(31)17-14-9-15(18(17)23(29)32)20(26)19(14)25/h1-8,14-15,17-20H,9-10H2/t14-,15-,17-,18-,19-,20+/m1/s1. The number of amides is 3. The molecule has 3 fully saturated rings. The Morgan fingerprint density at radius 3 is 2.09 bits per heavy atom. The first-order chi connectivity index (χ1) is 15.3. The Labute approximate surface area is 215 Å². The summed E-state index contributed by atoms with van der Waals surface area (Å²) in [5.74, 6) is -1.74. The zero-order chi connectivity index (χ0) is 22.7. The summed E-state index contributed by atoms with van der Waals surface area (Å²) in [7, 11) is 0. The van der Waals surface area contributed by atoms with Crippen molar-refractivity contribution in [3.05, 3.63) is 69.2 Å². The van der Waals surface area contributed by atoms with Crippen LogP contribution in [0.4, 0.5) is 0 Å². The van der Waals surface area contributed by atoms with Crippen LogP contribution in [0.1, 0.15) is 22.3 Å². The van der Waals surface area contributed by atoms with E-state index in [0.717, 1.165) is 21.5 Å². The van der Waals surface area contributed by atoms with Crippen molar-refractivity contribution in [2.45, 2.75) is 22.6 Å². The van der Waals surface area contributed by atoms with Crippen molar-refractivity contribution in [1.82, 2.24) is 10.0 Å². The van der Waals surface area contributed by atoms with E-state index in [1.54, 1.807) is 24.3 Å². The molecule has 2 aromatic rings. The summed E-state index contributed by atoms with van der Waals surface area (Å²) in [6, 6.07) is 14.1. The minimum absolute atomic E-state index is 0.0702. The zero-order valence-electron chi connectivity index (χ0n) is 16.6. The van der Waals surface area contributed by atoms with Crippen molar-refractivity contribution in [2.75, 3.05) is 0 Å². The highest BCUT2D eigenvalue weighted by atomic mass is 79.9. The van der Waals surface area contributed by atoms with Crippen LogP contribution in [-0.2, 0) is 16.1 Å². The SMILES string of the molecule is O=C(c1ccccc1Cl)N(Cc1ccc(Br)cc1)N1C(=O)[C@@H]2[C@H]3C[C@@H]([C@@H](Br)[C@H]3Br)[C@H]2C1=O. The van der Waals surface area contributed by atoms with Gasteiger partial charge in [0, 0.05) is 14.1 Å². The Morgan fingerprint density at radius 2 is 1.53 bits per heavy atom. The number of benzene rings is 2. The molecule has 0 N–H and O–H groups in total. The number of imide groups is 1. The maximum Gasteiger partial charge on any atom is 0.274 e. The monoisotopic (exact) mass is 642 g/mol. The molecular formula is C23H18Br3ClN2O3. The van der Waals surface area contributed by atoms with E-state index in [4.69, 9.17) is 11.6 Å². The van der Waals surface area contributed by atoms with Gasteiger partial charge in [-0.05, 0) is 48.1 Å². The molecule has 166 valence electrons. The minimum Gasteiger partial charge on any atom is -0.272 e. The molecule has 5 nitrogen and oxygen atoms in total. The molecule has 2 bridgehead atoms. The van der Waals surface area contributed by atoms with Gasteiger partial charge in [0.2, 0.25) is 0 Å². The van der Waals surface area contributed by atoms with Crippen LogP contribution < -0.4 is 0 Å². The molecule has 9 heteroatoms. The van der Waals surface area contributed by atoms with Crippen LogP contribution in [0, 0.1) is 23.7 Å². The number of hydrazine groups is 1. The number of alkyl halides is 2. The lowest BCUT2D eigenvalue weighted by atomic mass is 9.81. The van der Waals surface area contributed by atoms with E-state index in [0.29, 0.717) is 0 Å². The largest absolute Gasteiger partial charge is 0.274 e. The Morgan fingerprint density at radius 1 is 0.969 bits per heavy atom. The van der Waals surface area contributed by atoms with Crippen molar-refractivity contribution in [3.8, 4) is 0 Å². The molecule has 1 saturated heterocycles. The first kappa shape index (κ1) is 22.6. The van der Waals surface area contributed by atoms with Crippen LogP contribution in [-0.4, -0.2) is 37.4 Å². The highest BCUT2D eigenvalue weighted by molar-refractivity contribution is 9.12. The summed E-state index contributed by atoms with van der Waals surface area (Å²) in [4.78, 5) is 41.0. The average molecular weight is 646 g/mol. The second-order valence-electron chi connectivity index (χ2n) is 8.46. The number of fused-ring (bicyclic) bond motifs is 5. The van der Waals surface area contributed by atoms with Gasteiger partial charge in [0.05, 0.1) is 29.0 Å². The van der Waals surface area contributed by atoms with E-state index in [2.05, 4.69) is 47.8 Å². The topological polar surface area (TPSA) is 57.7 Å². The number of nitrogens with zero attached hydrogens (tertiary/aromatic N) is 2. The summed E-state index contributed by atoms with van der Waals surface area (Å²) in [5, 5.41) is 2.63. The van der Waals surface area contributed by atoms with Gasteiger partial charge in [0.25, 0.3) is 17.7 Å². The quantitative estimate of drug-likeness (QED) is 0.329. The lowest BCUT2D eigenvalue weighted by molar-refractivity contribution is -0.156. The van der Waals surface area contributed by atoms with Crippen molar-refractivity contribution < 1.29 is 14.4 Å². The van der Waals surface area contributed by atoms with Crippen LogP contribution in [0.15, 0.2) is 53.0 Å². The first-order valence-corrected chi connectivity index (χ1v) is 13.3. The van der Waals surface area contributed by atoms with Gasteiger partial charge in [-0.25, -0.2) is 5.01 Å². The number of rotatable bonds is 4. The summed E-state index contributed by atoms with van der Waals surface area (Å²) in [5.41, 5.74) is 1.05. The smallest absolute Gasteiger partial charge is 0.272 e. The highest BCUT2D eigenvalue weighted by Gasteiger charge is 2.67. The second kappa shape index (κ2) is 8.53. The molecule has 0 aromatic heterocycles. The molecule has 0 unspecified atom stereocenters. The van der Waals surface area contributed by atoms with Crippen LogP contribution in [0.5, 0.6) is 0 Å². The van der Waals surface area contributed by atoms with Crippen molar-refractivity contribution in [3.63, 3.8) is 0 Å². The summed E-state index contributed by atoms with van der Waals surface area (Å²) in [6.07, 6.45) is 0.831. The predicted molar refractivity (Wildman–Crippen MR) is 131 cm³/mol. The maximum atomic E-state index is 13.6. The van der Waals surface area contributed by atoms with E-state index in [-0.39, 0.29) is 50.4 Å². The fourth-order valence-electron chi connectivity index (χ4n) is 5.34. The molecule has 1 aliphatic heterocycles. The number of carbonyl (C=O) groups excluding carboxylic acids is 3. The van der Waals surface area contributed by atoms with Crippen LogP contribution in [0.25, 0.3) is 0 Å². The molecule has 6 atom stereocenters. The molecule has 32 heavy (non-hydrogen) atoms. The molecule has 0 radical (unpaired) electrons. The van der Waals surface area contributed by atoms with Gasteiger partial charge < -0.3 is 0 Å². The fourth-order valence-corrected chi connectivity index (χ4v) is 7.70. The van der Waals surface area contributed by atoms with Gasteiger partial charge in [-0.3, -0.25) is 14.4 Å². The number of carbonyl (C=O) groups is 3. The summed E-state index contributed by atoms with van der Waals surface area (Å²) >= 11 is 17.1. The predicted octanol–water partition coefficient (Wildman–Crippen LogP) is 5.44. The van der Waals surface area contributed by atoms with Gasteiger partial charge in [-0.15, -0.1) is 0 Å². The number of halogens is 4. The van der Waals surface area contributed by atoms with Crippen molar-refractivity contribution in [1.29, 1.82) is 0 Å². The Kier molecular flexibility index (Phi) is 6.01. The molecular weight excluding hydrogens is 627 g/mol. The van der Waals surface area contributed by atoms with Crippen LogP contribution in [0.2, 0.25) is 5.02 Å². The summed E-state index contributed by atoms with van der Waals surface area (Å²) in [6.45, 7) is 0.0824. The second-order valence-corrected chi connectivity index (χ2v) is 11.9. The third kappa shape index (κ3) is 3.49. The molecule has 1 heterocycles. The van der Waals surface area contributed by atoms with Crippen LogP contribution >= 0.6 is 59.4 Å². The van der Waals surface area contributed by atoms with Crippen molar-refractivity contribution >= 4 is 77.1 Å². The van der Waals surface area contributed by atoms with Gasteiger partial charge in [-0.2, -0.15) is 5.01 Å². The van der Waals surface area contributed by atoms with E-state index in [1.807, 2.05) is 24.3 Å². The lowest BCUT2D eigenvalue weighted by Gasteiger charge is -2.31. The Bertz CT molecular complexity index is 1080. The average Bonchev–Trinajstić information content (AvgIpc) is 3.38. The third-order valence-electron chi connectivity index (χ3n) is 6.79. The number of hydrogen-bond acceptors (Lipinski definition) is 3. The Balaban J connectivity index is 1.54. The first-order valence-electron chi connectivity index (χ1n) is 10.3. The van der Waals surface area contributed by atoms with E-state index >= 15 is 0 Å². The van der Waals surface area contributed by atoms with E-state index < -0.39 is 17.7 Å². The van der Waals surface area contributed by atoms with E-state index in [1.165, 1.54) is 5.01 Å². The van der Waals surface area contributed by atoms with Crippen molar-refractivity contribution in [2.24, 2.45) is 23.7 Å². The van der Waals surface area contributed by atoms with Gasteiger partial charge >= 0.3 is 0 Å². The van der Waals surface area contributed by atoms with Crippen LogP contribution in [0.3, 0.4) is 0 Å². The number of hydrogen-bond donors (Lipinski definition) is 0. The molecule has 2 saturated carbocycles. The normalized spacial score (nSPS) is 30.7. The third-order valence-corrected chi connectivity index (χ3v) is 10.9. The maximum absolute atomic E-state index is 13.6. The zero-order valence-corrected chi connectivity index (χ0v) is 22.1. The molecule has 3 aliphatic rings.